The summed E-state index contributed by atoms with van der Waals surface area (Å²) in [5, 5.41) is 12.1. The van der Waals surface area contributed by atoms with E-state index in [0.717, 1.165) is 17.7 Å². The third-order valence-corrected chi connectivity index (χ3v) is 5.06. The van der Waals surface area contributed by atoms with Crippen molar-refractivity contribution in [2.75, 3.05) is 0 Å². The van der Waals surface area contributed by atoms with Crippen molar-refractivity contribution in [3.8, 4) is 6.07 Å². The lowest BCUT2D eigenvalue weighted by molar-refractivity contribution is -0.129. The van der Waals surface area contributed by atoms with E-state index < -0.39 is 12.1 Å². The SMILES string of the molecule is C[C@@H](OC(=O)c1ccccc1Sc1ccccc1C#N)C(=O)NC1CC1. The zero-order valence-corrected chi connectivity index (χ0v) is 15.1. The average Bonchev–Trinajstić information content (AvgIpc) is 3.46. The molecule has 2 aromatic rings. The summed E-state index contributed by atoms with van der Waals surface area (Å²) in [7, 11) is 0. The number of carbonyl (C=O) groups excluding carboxylic acids is 2. The molecule has 3 rings (SSSR count). The van der Waals surface area contributed by atoms with E-state index in [9.17, 15) is 14.9 Å². The Bertz CT molecular complexity index is 871. The molecule has 5 nitrogen and oxygen atoms in total. The van der Waals surface area contributed by atoms with Crippen LogP contribution in [0.4, 0.5) is 0 Å². The molecule has 1 aliphatic carbocycles. The average molecular weight is 366 g/mol. The van der Waals surface area contributed by atoms with Crippen LogP contribution in [-0.2, 0) is 9.53 Å². The van der Waals surface area contributed by atoms with Gasteiger partial charge < -0.3 is 10.1 Å². The highest BCUT2D eigenvalue weighted by Gasteiger charge is 2.27. The van der Waals surface area contributed by atoms with Crippen LogP contribution < -0.4 is 5.32 Å². The van der Waals surface area contributed by atoms with E-state index in [0.29, 0.717) is 16.0 Å². The van der Waals surface area contributed by atoms with Crippen LogP contribution in [0.2, 0.25) is 0 Å². The van der Waals surface area contributed by atoms with Crippen LogP contribution in [0.15, 0.2) is 58.3 Å². The van der Waals surface area contributed by atoms with Gasteiger partial charge in [-0.15, -0.1) is 0 Å². The summed E-state index contributed by atoms with van der Waals surface area (Å²) in [5.41, 5.74) is 0.911. The van der Waals surface area contributed by atoms with Gasteiger partial charge in [-0.25, -0.2) is 4.79 Å². The molecule has 6 heteroatoms. The van der Waals surface area contributed by atoms with Gasteiger partial charge in [0.05, 0.1) is 11.1 Å². The van der Waals surface area contributed by atoms with E-state index in [1.807, 2.05) is 18.2 Å². The number of nitriles is 1. The van der Waals surface area contributed by atoms with Gasteiger partial charge >= 0.3 is 5.97 Å². The van der Waals surface area contributed by atoms with Crippen LogP contribution in [0, 0.1) is 11.3 Å². The molecule has 26 heavy (non-hydrogen) atoms. The number of benzene rings is 2. The quantitative estimate of drug-likeness (QED) is 0.791. The first-order chi connectivity index (χ1) is 12.6. The number of rotatable bonds is 6. The molecule has 0 saturated heterocycles. The van der Waals surface area contributed by atoms with E-state index in [-0.39, 0.29) is 11.9 Å². The number of ether oxygens (including phenoxy) is 1. The maximum atomic E-state index is 12.5. The van der Waals surface area contributed by atoms with Gasteiger partial charge in [0, 0.05) is 15.8 Å². The van der Waals surface area contributed by atoms with Crippen LogP contribution >= 0.6 is 11.8 Å². The molecule has 1 saturated carbocycles. The third kappa shape index (κ3) is 4.44. The molecule has 0 spiro atoms. The molecule has 0 radical (unpaired) electrons. The second-order valence-electron chi connectivity index (χ2n) is 6.04. The molecule has 1 fully saturated rings. The molecule has 132 valence electrons. The largest absolute Gasteiger partial charge is 0.449 e. The Morgan fingerprint density at radius 2 is 1.81 bits per heavy atom. The summed E-state index contributed by atoms with van der Waals surface area (Å²) in [6.07, 6.45) is 1.10. The van der Waals surface area contributed by atoms with E-state index >= 15 is 0 Å². The Morgan fingerprint density at radius 3 is 2.50 bits per heavy atom. The van der Waals surface area contributed by atoms with Crippen molar-refractivity contribution in [3.63, 3.8) is 0 Å². The van der Waals surface area contributed by atoms with Crippen LogP contribution in [0.25, 0.3) is 0 Å². The highest BCUT2D eigenvalue weighted by Crippen LogP contribution is 2.33. The van der Waals surface area contributed by atoms with Gasteiger partial charge in [-0.2, -0.15) is 5.26 Å². The van der Waals surface area contributed by atoms with Crippen molar-refractivity contribution in [2.45, 2.75) is 41.7 Å². The smallest absolute Gasteiger partial charge is 0.340 e. The van der Waals surface area contributed by atoms with Gasteiger partial charge in [-0.1, -0.05) is 36.0 Å². The first-order valence-electron chi connectivity index (χ1n) is 8.36. The van der Waals surface area contributed by atoms with E-state index in [4.69, 9.17) is 4.74 Å². The lowest BCUT2D eigenvalue weighted by Crippen LogP contribution is -2.37. The highest BCUT2D eigenvalue weighted by molar-refractivity contribution is 7.99. The minimum Gasteiger partial charge on any atom is -0.449 e. The molecule has 1 atom stereocenters. The monoisotopic (exact) mass is 366 g/mol. The van der Waals surface area contributed by atoms with Crippen molar-refractivity contribution in [1.29, 1.82) is 5.26 Å². The van der Waals surface area contributed by atoms with Crippen molar-refractivity contribution >= 4 is 23.6 Å². The molecule has 0 bridgehead atoms. The maximum absolute atomic E-state index is 12.5. The van der Waals surface area contributed by atoms with E-state index in [1.165, 1.54) is 11.8 Å². The maximum Gasteiger partial charge on any atom is 0.340 e. The lowest BCUT2D eigenvalue weighted by Gasteiger charge is -2.15. The second-order valence-corrected chi connectivity index (χ2v) is 7.12. The Hall–Kier alpha value is -2.78. The first kappa shape index (κ1) is 18.0. The molecule has 2 aromatic carbocycles. The van der Waals surface area contributed by atoms with Gasteiger partial charge in [-0.05, 0) is 44.0 Å². The van der Waals surface area contributed by atoms with E-state index in [2.05, 4.69) is 11.4 Å². The number of hydrogen-bond acceptors (Lipinski definition) is 5. The van der Waals surface area contributed by atoms with Gasteiger partial charge in [-0.3, -0.25) is 4.79 Å². The van der Waals surface area contributed by atoms with Gasteiger partial charge in [0.15, 0.2) is 6.10 Å². The van der Waals surface area contributed by atoms with Crippen molar-refractivity contribution in [2.24, 2.45) is 0 Å². The van der Waals surface area contributed by atoms with E-state index in [1.54, 1.807) is 37.3 Å². The lowest BCUT2D eigenvalue weighted by atomic mass is 10.2. The number of amides is 1. The standard InChI is InChI=1S/C20H18N2O3S/c1-13(19(23)22-15-10-11-15)25-20(24)16-7-3-5-9-18(16)26-17-8-4-2-6-14(17)12-21/h2-9,13,15H,10-11H2,1H3,(H,22,23)/t13-/m1/s1. The fraction of sp³-hybridized carbons (Fsp3) is 0.250. The number of esters is 1. The second kappa shape index (κ2) is 8.07. The molecule has 1 amide bonds. The normalized spacial score (nSPS) is 14.2. The minimum atomic E-state index is -0.854. The van der Waals surface area contributed by atoms with Crippen LogP contribution in [0.5, 0.6) is 0 Å². The zero-order valence-electron chi connectivity index (χ0n) is 14.3. The molecule has 0 aromatic heterocycles. The number of nitrogens with zero attached hydrogens (tertiary/aromatic N) is 1. The van der Waals surface area contributed by atoms with Gasteiger partial charge in [0.25, 0.3) is 5.91 Å². The van der Waals surface area contributed by atoms with Crippen LogP contribution in [0.1, 0.15) is 35.7 Å². The zero-order chi connectivity index (χ0) is 18.5. The summed E-state index contributed by atoms with van der Waals surface area (Å²) in [6.45, 7) is 1.57. The summed E-state index contributed by atoms with van der Waals surface area (Å²) < 4.78 is 5.33. The fourth-order valence-corrected chi connectivity index (χ4v) is 3.33. The first-order valence-corrected chi connectivity index (χ1v) is 9.17. The molecule has 0 unspecified atom stereocenters. The predicted molar refractivity (Wildman–Crippen MR) is 97.8 cm³/mol. The number of carbonyl (C=O) groups is 2. The Labute approximate surface area is 156 Å². The minimum absolute atomic E-state index is 0.217. The Morgan fingerprint density at radius 1 is 1.15 bits per heavy atom. The van der Waals surface area contributed by atoms with Crippen molar-refractivity contribution in [3.05, 3.63) is 59.7 Å². The molecule has 1 N–H and O–H groups in total. The fourth-order valence-electron chi connectivity index (χ4n) is 2.31. The third-order valence-electron chi connectivity index (χ3n) is 3.91. The summed E-state index contributed by atoms with van der Waals surface area (Å²) in [5.74, 6) is -0.832. The number of nitrogens with one attached hydrogen (secondary N) is 1. The Kier molecular flexibility index (Phi) is 5.59. The van der Waals surface area contributed by atoms with Crippen LogP contribution in [0.3, 0.4) is 0 Å². The van der Waals surface area contributed by atoms with Gasteiger partial charge in [0.1, 0.15) is 6.07 Å². The van der Waals surface area contributed by atoms with Gasteiger partial charge in [0.2, 0.25) is 0 Å². The molecular formula is C20H18N2O3S. The molecule has 0 aliphatic heterocycles. The molecule has 1 aliphatic rings. The topological polar surface area (TPSA) is 79.2 Å². The van der Waals surface area contributed by atoms with Crippen molar-refractivity contribution in [1.82, 2.24) is 5.32 Å². The summed E-state index contributed by atoms with van der Waals surface area (Å²) in [6, 6.07) is 16.6. The predicted octanol–water partition coefficient (Wildman–Crippen LogP) is 3.53. The van der Waals surface area contributed by atoms with Crippen LogP contribution in [-0.4, -0.2) is 24.0 Å². The summed E-state index contributed by atoms with van der Waals surface area (Å²) >= 11 is 1.33. The summed E-state index contributed by atoms with van der Waals surface area (Å²) in [4.78, 5) is 26.0. The number of hydrogen-bond donors (Lipinski definition) is 1. The molecule has 0 heterocycles. The highest BCUT2D eigenvalue weighted by atomic mass is 32.2. The Balaban J connectivity index is 1.74. The van der Waals surface area contributed by atoms with Crippen molar-refractivity contribution < 1.29 is 14.3 Å². The molecular weight excluding hydrogens is 348 g/mol.